The molecule has 1 aromatic carbocycles. The number of guanidine groups is 1. The van der Waals surface area contributed by atoms with Crippen molar-refractivity contribution in [1.82, 2.24) is 10.6 Å². The van der Waals surface area contributed by atoms with Crippen molar-refractivity contribution in [3.63, 3.8) is 0 Å². The van der Waals surface area contributed by atoms with E-state index in [9.17, 15) is 10.1 Å². The summed E-state index contributed by atoms with van der Waals surface area (Å²) in [5, 5.41) is 17.6. The predicted molar refractivity (Wildman–Crippen MR) is 119 cm³/mol. The van der Waals surface area contributed by atoms with Crippen molar-refractivity contribution in [3.05, 3.63) is 51.8 Å². The van der Waals surface area contributed by atoms with Crippen LogP contribution in [0, 0.1) is 22.0 Å². The molecule has 0 saturated heterocycles. The van der Waals surface area contributed by atoms with E-state index in [0.717, 1.165) is 36.9 Å². The zero-order chi connectivity index (χ0) is 21.7. The summed E-state index contributed by atoms with van der Waals surface area (Å²) in [6.45, 7) is 1.15. The Morgan fingerprint density at radius 3 is 2.40 bits per heavy atom. The Morgan fingerprint density at radius 1 is 1.20 bits per heavy atom. The van der Waals surface area contributed by atoms with Crippen molar-refractivity contribution >= 4 is 11.6 Å². The van der Waals surface area contributed by atoms with Gasteiger partial charge in [-0.15, -0.1) is 0 Å². The molecule has 1 aliphatic carbocycles. The zero-order valence-electron chi connectivity index (χ0n) is 17.8. The molecule has 1 aliphatic heterocycles. The summed E-state index contributed by atoms with van der Waals surface area (Å²) in [4.78, 5) is 17.8. The molecule has 0 aromatic heterocycles. The largest absolute Gasteiger partial charge is 0.378 e. The van der Waals surface area contributed by atoms with Crippen molar-refractivity contribution in [1.29, 1.82) is 0 Å². The molecular weight excluding hydrogens is 382 g/mol. The maximum Gasteiger partial charge on any atom is 0.301 e. The van der Waals surface area contributed by atoms with Crippen LogP contribution < -0.4 is 27.0 Å². The minimum Gasteiger partial charge on any atom is -0.378 e. The number of aliphatic imine (C=N–C) groups is 1. The first-order valence-corrected chi connectivity index (χ1v) is 10.5. The number of nitro groups is 1. The van der Waals surface area contributed by atoms with Crippen LogP contribution in [0.25, 0.3) is 0 Å². The number of nitrogens with zero attached hydrogens (tertiary/aromatic N) is 3. The van der Waals surface area contributed by atoms with Crippen LogP contribution in [0.2, 0.25) is 0 Å². The van der Waals surface area contributed by atoms with Crippen LogP contribution in [0.5, 0.6) is 0 Å². The average Bonchev–Trinajstić information content (AvgIpc) is 2.72. The highest BCUT2D eigenvalue weighted by Crippen LogP contribution is 2.34. The molecule has 9 nitrogen and oxygen atoms in total. The summed E-state index contributed by atoms with van der Waals surface area (Å²) >= 11 is 0. The molecule has 0 bridgehead atoms. The molecule has 1 aromatic rings. The summed E-state index contributed by atoms with van der Waals surface area (Å²) in [5.74, 6) is 1.33. The summed E-state index contributed by atoms with van der Waals surface area (Å²) in [5.41, 5.74) is 13.2. The number of hydrogen-bond donors (Lipinski definition) is 4. The fraction of sp³-hybridized carbons (Fsp3) is 0.571. The number of benzene rings is 1. The van der Waals surface area contributed by atoms with Gasteiger partial charge in [0.05, 0.1) is 17.7 Å². The van der Waals surface area contributed by atoms with Crippen molar-refractivity contribution in [2.45, 2.75) is 44.3 Å². The molecule has 1 fully saturated rings. The standard InChI is InChI=1S/C21H33N7O2/c1-27(2)18-9-7-17(8-10-18)13-24-20-25-14-19(28(29)30)21(23,26-20)11-15-3-5-16(12-22)6-4-15/h7-10,14-16H,3-6,11-13,22-23H2,1-2H3,(H2,24,25,26). The Hall–Kier alpha value is -2.65. The minimum absolute atomic E-state index is 0.0577. The van der Waals surface area contributed by atoms with Gasteiger partial charge in [-0.2, -0.15) is 0 Å². The Balaban J connectivity index is 1.69. The molecule has 0 spiro atoms. The molecule has 0 amide bonds. The van der Waals surface area contributed by atoms with Crippen LogP contribution in [0.1, 0.15) is 37.7 Å². The van der Waals surface area contributed by atoms with Gasteiger partial charge in [-0.05, 0) is 68.2 Å². The Morgan fingerprint density at radius 2 is 1.83 bits per heavy atom. The van der Waals surface area contributed by atoms with Gasteiger partial charge in [-0.25, -0.2) is 4.99 Å². The van der Waals surface area contributed by atoms with Crippen molar-refractivity contribution in [3.8, 4) is 0 Å². The van der Waals surface area contributed by atoms with E-state index in [1.807, 2.05) is 43.3 Å². The smallest absolute Gasteiger partial charge is 0.301 e. The molecule has 3 rings (SSSR count). The fourth-order valence-corrected chi connectivity index (χ4v) is 4.23. The van der Waals surface area contributed by atoms with Gasteiger partial charge in [0, 0.05) is 19.8 Å². The fourth-order valence-electron chi connectivity index (χ4n) is 4.23. The number of anilines is 1. The van der Waals surface area contributed by atoms with Crippen molar-refractivity contribution < 1.29 is 4.92 Å². The SMILES string of the molecule is CN(C)c1ccc(CN=C2NC=C([N+](=O)[O-])C(N)(CC3CCC(CN)CC3)N2)cc1. The lowest BCUT2D eigenvalue weighted by molar-refractivity contribution is -0.437. The van der Waals surface area contributed by atoms with Gasteiger partial charge in [0.2, 0.25) is 0 Å². The predicted octanol–water partition coefficient (Wildman–Crippen LogP) is 1.73. The lowest BCUT2D eigenvalue weighted by Gasteiger charge is -2.37. The normalized spacial score (nSPS) is 27.7. The van der Waals surface area contributed by atoms with E-state index in [1.165, 1.54) is 6.20 Å². The van der Waals surface area contributed by atoms with Gasteiger partial charge in [-0.1, -0.05) is 12.1 Å². The maximum atomic E-state index is 11.6. The monoisotopic (exact) mass is 415 g/mol. The van der Waals surface area contributed by atoms with Crippen LogP contribution in [0.3, 0.4) is 0 Å². The molecule has 9 heteroatoms. The second-order valence-corrected chi connectivity index (χ2v) is 8.58. The van der Waals surface area contributed by atoms with Crippen molar-refractivity contribution in [2.24, 2.45) is 28.3 Å². The molecule has 164 valence electrons. The summed E-state index contributed by atoms with van der Waals surface area (Å²) < 4.78 is 0. The molecule has 1 atom stereocenters. The minimum atomic E-state index is -1.25. The molecular formula is C21H33N7O2. The van der Waals surface area contributed by atoms with Crippen LogP contribution in [0.4, 0.5) is 5.69 Å². The lowest BCUT2D eigenvalue weighted by Crippen LogP contribution is -2.64. The number of hydrogen-bond acceptors (Lipinski definition) is 6. The highest BCUT2D eigenvalue weighted by atomic mass is 16.6. The zero-order valence-corrected chi connectivity index (χ0v) is 17.8. The van der Waals surface area contributed by atoms with Crippen LogP contribution in [0.15, 0.2) is 41.2 Å². The Labute approximate surface area is 177 Å². The summed E-state index contributed by atoms with van der Waals surface area (Å²) in [7, 11) is 3.99. The molecule has 1 saturated carbocycles. The molecule has 30 heavy (non-hydrogen) atoms. The molecule has 1 heterocycles. The van der Waals surface area contributed by atoms with Gasteiger partial charge < -0.3 is 21.3 Å². The first-order valence-electron chi connectivity index (χ1n) is 10.5. The first-order chi connectivity index (χ1) is 14.3. The second kappa shape index (κ2) is 9.44. The average molecular weight is 416 g/mol. The van der Waals surface area contributed by atoms with Crippen LogP contribution in [-0.2, 0) is 6.54 Å². The van der Waals surface area contributed by atoms with E-state index in [-0.39, 0.29) is 5.70 Å². The van der Waals surface area contributed by atoms with Gasteiger partial charge >= 0.3 is 5.70 Å². The second-order valence-electron chi connectivity index (χ2n) is 8.58. The van der Waals surface area contributed by atoms with Crippen LogP contribution >= 0.6 is 0 Å². The highest BCUT2D eigenvalue weighted by Gasteiger charge is 2.44. The maximum absolute atomic E-state index is 11.6. The summed E-state index contributed by atoms with van der Waals surface area (Å²) in [6, 6.07) is 8.11. The molecule has 2 aliphatic rings. The number of nitrogens with two attached hydrogens (primary N) is 2. The van der Waals surface area contributed by atoms with Gasteiger partial charge in [0.25, 0.3) is 0 Å². The van der Waals surface area contributed by atoms with Gasteiger partial charge in [-0.3, -0.25) is 15.8 Å². The van der Waals surface area contributed by atoms with Crippen LogP contribution in [-0.4, -0.2) is 37.2 Å². The third-order valence-electron chi connectivity index (χ3n) is 6.12. The quantitative estimate of drug-likeness (QED) is 0.393. The Bertz CT molecular complexity index is 798. The number of nitrogens with one attached hydrogen (secondary N) is 2. The topological polar surface area (TPSA) is 135 Å². The third kappa shape index (κ3) is 5.28. The number of rotatable bonds is 7. The van der Waals surface area contributed by atoms with Crippen molar-refractivity contribution in [2.75, 3.05) is 25.5 Å². The van der Waals surface area contributed by atoms with E-state index >= 15 is 0 Å². The lowest BCUT2D eigenvalue weighted by atomic mass is 9.77. The molecule has 1 unspecified atom stereocenters. The van der Waals surface area contributed by atoms with E-state index in [4.69, 9.17) is 11.5 Å². The van der Waals surface area contributed by atoms with Gasteiger partial charge in [0.1, 0.15) is 0 Å². The Kier molecular flexibility index (Phi) is 6.94. The van der Waals surface area contributed by atoms with E-state index in [1.54, 1.807) is 0 Å². The van der Waals surface area contributed by atoms with E-state index < -0.39 is 10.6 Å². The first kappa shape index (κ1) is 22.0. The van der Waals surface area contributed by atoms with Gasteiger partial charge in [0.15, 0.2) is 11.6 Å². The summed E-state index contributed by atoms with van der Waals surface area (Å²) in [6.07, 6.45) is 5.95. The molecule has 6 N–H and O–H groups in total. The third-order valence-corrected chi connectivity index (χ3v) is 6.12. The highest BCUT2D eigenvalue weighted by molar-refractivity contribution is 5.83. The molecule has 0 radical (unpaired) electrons. The van der Waals surface area contributed by atoms with E-state index in [0.29, 0.717) is 37.3 Å². The van der Waals surface area contributed by atoms with E-state index in [2.05, 4.69) is 15.6 Å².